The maximum atomic E-state index is 12.1. The lowest BCUT2D eigenvalue weighted by molar-refractivity contribution is -0.177. The van der Waals surface area contributed by atoms with Crippen molar-refractivity contribution in [2.24, 2.45) is 46.3 Å². The molecule has 1 saturated heterocycles. The number of rotatable bonds is 0. The zero-order chi connectivity index (χ0) is 18.8. The molecule has 1 spiro atoms. The number of carbonyl (C=O) groups excluding carboxylic acids is 2. The topological polar surface area (TPSA) is 43.4 Å². The van der Waals surface area contributed by atoms with E-state index in [1.807, 2.05) is 6.08 Å². The minimum Gasteiger partial charge on any atom is -0.458 e. The van der Waals surface area contributed by atoms with Gasteiger partial charge in [0.05, 0.1) is 0 Å². The Bertz CT molecular complexity index is 782. The van der Waals surface area contributed by atoms with E-state index in [9.17, 15) is 9.59 Å². The van der Waals surface area contributed by atoms with Crippen molar-refractivity contribution in [2.45, 2.75) is 77.7 Å². The Morgan fingerprint density at radius 1 is 1.00 bits per heavy atom. The van der Waals surface area contributed by atoms with Crippen molar-refractivity contribution in [1.29, 1.82) is 0 Å². The number of ether oxygens (including phenoxy) is 1. The Morgan fingerprint density at radius 3 is 2.52 bits per heavy atom. The molecular formula is C24H32O3. The number of hydrogen-bond donors (Lipinski definition) is 0. The molecular weight excluding hydrogens is 336 g/mol. The molecule has 3 nitrogen and oxygen atoms in total. The van der Waals surface area contributed by atoms with E-state index in [-0.39, 0.29) is 22.4 Å². The normalized spacial score (nSPS) is 58.1. The van der Waals surface area contributed by atoms with E-state index in [0.717, 1.165) is 31.1 Å². The van der Waals surface area contributed by atoms with E-state index in [0.29, 0.717) is 35.9 Å². The third kappa shape index (κ3) is 1.81. The number of allylic oxidation sites excluding steroid dienone is 1. The van der Waals surface area contributed by atoms with Gasteiger partial charge in [-0.1, -0.05) is 26.3 Å². The Kier molecular flexibility index (Phi) is 3.04. The first-order valence-electron chi connectivity index (χ1n) is 11.3. The summed E-state index contributed by atoms with van der Waals surface area (Å²) >= 11 is 0. The smallest absolute Gasteiger partial charge is 0.306 e. The number of esters is 1. The third-order valence-electron chi connectivity index (χ3n) is 10.4. The van der Waals surface area contributed by atoms with E-state index in [1.54, 1.807) is 0 Å². The molecule has 6 rings (SSSR count). The van der Waals surface area contributed by atoms with Crippen molar-refractivity contribution in [3.63, 3.8) is 0 Å². The predicted octanol–water partition coefficient (Wildman–Crippen LogP) is 4.70. The van der Waals surface area contributed by atoms with Crippen LogP contribution in [0.25, 0.3) is 0 Å². The van der Waals surface area contributed by atoms with Crippen LogP contribution >= 0.6 is 0 Å². The third-order valence-corrected chi connectivity index (χ3v) is 10.4. The summed E-state index contributed by atoms with van der Waals surface area (Å²) in [5.74, 6) is 4.47. The molecule has 0 aromatic carbocycles. The molecule has 0 unspecified atom stereocenters. The highest BCUT2D eigenvalue weighted by Gasteiger charge is 2.79. The Balaban J connectivity index is 1.42. The van der Waals surface area contributed by atoms with E-state index in [2.05, 4.69) is 20.8 Å². The summed E-state index contributed by atoms with van der Waals surface area (Å²) in [5.41, 5.74) is 1.70. The minimum absolute atomic E-state index is 0.0460. The van der Waals surface area contributed by atoms with Crippen molar-refractivity contribution >= 4 is 11.8 Å². The second-order valence-corrected chi connectivity index (χ2v) is 11.2. The molecule has 9 atom stereocenters. The van der Waals surface area contributed by atoms with Crippen LogP contribution in [0.1, 0.15) is 72.1 Å². The second kappa shape index (κ2) is 4.89. The zero-order valence-electron chi connectivity index (χ0n) is 16.9. The first-order chi connectivity index (χ1) is 12.8. The van der Waals surface area contributed by atoms with Gasteiger partial charge in [0.15, 0.2) is 5.78 Å². The van der Waals surface area contributed by atoms with E-state index >= 15 is 0 Å². The van der Waals surface area contributed by atoms with Crippen LogP contribution in [0.15, 0.2) is 11.6 Å². The maximum absolute atomic E-state index is 12.1. The first-order valence-corrected chi connectivity index (χ1v) is 11.3. The largest absolute Gasteiger partial charge is 0.458 e. The number of hydrogen-bond acceptors (Lipinski definition) is 3. The standard InChI is InChI=1S/C24H32O3/c1-13-10-15-17(22(2)7-4-14(25)11-18(13)22)5-8-23(3)21(15)16-12-19(16)24(23)9-6-20(26)27-24/h11,13,15-17,19,21H,4-10,12H2,1-3H3/t13-,15+,16+,17-,19-,21+,22+,23-,24-/m0/s1. The molecule has 0 N–H and O–H groups in total. The van der Waals surface area contributed by atoms with Crippen LogP contribution in [0.2, 0.25) is 0 Å². The maximum Gasteiger partial charge on any atom is 0.306 e. The van der Waals surface area contributed by atoms with Crippen LogP contribution < -0.4 is 0 Å². The first kappa shape index (κ1) is 16.8. The monoisotopic (exact) mass is 368 g/mol. The summed E-state index contributed by atoms with van der Waals surface area (Å²) in [6, 6.07) is 0. The van der Waals surface area contributed by atoms with Crippen LogP contribution in [0.3, 0.4) is 0 Å². The highest BCUT2D eigenvalue weighted by atomic mass is 16.6. The summed E-state index contributed by atoms with van der Waals surface area (Å²) in [6.07, 6.45) is 10.3. The molecule has 5 aliphatic carbocycles. The molecule has 0 aromatic heterocycles. The van der Waals surface area contributed by atoms with E-state index < -0.39 is 0 Å². The van der Waals surface area contributed by atoms with Gasteiger partial charge in [-0.05, 0) is 79.6 Å². The molecule has 146 valence electrons. The SMILES string of the molecule is C[C@H]1C[C@H]2[C@@H]3[C@@H]4C[C@@H]4[C@@]4(CCC(=O)O4)[C@@]3(C)CC[C@@H]2[C@@]2(C)CCC(=O)C=C12. The number of ketones is 1. The average Bonchev–Trinajstić information content (AvgIpc) is 3.25. The van der Waals surface area contributed by atoms with Gasteiger partial charge in [-0.3, -0.25) is 9.59 Å². The fraction of sp³-hybridized carbons (Fsp3) is 0.833. The second-order valence-electron chi connectivity index (χ2n) is 11.2. The lowest BCUT2D eigenvalue weighted by atomic mass is 9.44. The summed E-state index contributed by atoms with van der Waals surface area (Å²) in [5, 5.41) is 0. The van der Waals surface area contributed by atoms with Gasteiger partial charge in [0.25, 0.3) is 0 Å². The molecule has 4 saturated carbocycles. The van der Waals surface area contributed by atoms with Crippen molar-refractivity contribution in [2.75, 3.05) is 0 Å². The molecule has 6 aliphatic rings. The summed E-state index contributed by atoms with van der Waals surface area (Å²) < 4.78 is 6.19. The predicted molar refractivity (Wildman–Crippen MR) is 102 cm³/mol. The molecule has 3 heteroatoms. The van der Waals surface area contributed by atoms with Gasteiger partial charge in [-0.15, -0.1) is 0 Å². The molecule has 0 aromatic rings. The van der Waals surface area contributed by atoms with Crippen LogP contribution in [0.5, 0.6) is 0 Å². The van der Waals surface area contributed by atoms with Gasteiger partial charge >= 0.3 is 5.97 Å². The molecule has 27 heavy (non-hydrogen) atoms. The average molecular weight is 369 g/mol. The number of fused-ring (bicyclic) bond motifs is 9. The van der Waals surface area contributed by atoms with E-state index in [1.165, 1.54) is 31.3 Å². The summed E-state index contributed by atoms with van der Waals surface area (Å²) in [7, 11) is 0. The molecule has 1 heterocycles. The van der Waals surface area contributed by atoms with Gasteiger partial charge in [0.2, 0.25) is 0 Å². The van der Waals surface area contributed by atoms with Crippen LogP contribution in [0, 0.1) is 46.3 Å². The van der Waals surface area contributed by atoms with Crippen molar-refractivity contribution < 1.29 is 14.3 Å². The highest BCUT2D eigenvalue weighted by molar-refractivity contribution is 5.91. The summed E-state index contributed by atoms with van der Waals surface area (Å²) in [6.45, 7) is 7.29. The van der Waals surface area contributed by atoms with E-state index in [4.69, 9.17) is 4.74 Å². The fourth-order valence-corrected chi connectivity index (χ4v) is 9.35. The quantitative estimate of drug-likeness (QED) is 0.582. The Hall–Kier alpha value is -1.12. The molecule has 0 bridgehead atoms. The zero-order valence-corrected chi connectivity index (χ0v) is 16.9. The van der Waals surface area contributed by atoms with Crippen LogP contribution in [0.4, 0.5) is 0 Å². The molecule has 0 radical (unpaired) electrons. The molecule has 1 aliphatic heterocycles. The number of carbonyl (C=O) groups is 2. The lowest BCUT2D eigenvalue weighted by Gasteiger charge is -2.61. The Labute approximate surface area is 162 Å². The lowest BCUT2D eigenvalue weighted by Crippen LogP contribution is -2.57. The summed E-state index contributed by atoms with van der Waals surface area (Å²) in [4.78, 5) is 24.3. The van der Waals surface area contributed by atoms with Crippen molar-refractivity contribution in [1.82, 2.24) is 0 Å². The fourth-order valence-electron chi connectivity index (χ4n) is 9.35. The van der Waals surface area contributed by atoms with Crippen LogP contribution in [-0.2, 0) is 14.3 Å². The molecule has 0 amide bonds. The van der Waals surface area contributed by atoms with Crippen molar-refractivity contribution in [3.8, 4) is 0 Å². The van der Waals surface area contributed by atoms with Gasteiger partial charge in [-0.25, -0.2) is 0 Å². The molecule has 5 fully saturated rings. The van der Waals surface area contributed by atoms with Gasteiger partial charge in [0, 0.05) is 24.2 Å². The minimum atomic E-state index is -0.146. The Morgan fingerprint density at radius 2 is 1.78 bits per heavy atom. The van der Waals surface area contributed by atoms with Crippen LogP contribution in [-0.4, -0.2) is 17.4 Å². The van der Waals surface area contributed by atoms with Gasteiger partial charge < -0.3 is 4.74 Å². The van der Waals surface area contributed by atoms with Gasteiger partial charge in [-0.2, -0.15) is 0 Å². The van der Waals surface area contributed by atoms with Gasteiger partial charge in [0.1, 0.15) is 5.60 Å². The highest BCUT2D eigenvalue weighted by Crippen LogP contribution is 2.79. The van der Waals surface area contributed by atoms with Crippen molar-refractivity contribution in [3.05, 3.63) is 11.6 Å².